The molecule has 8 heteroatoms. The van der Waals surface area contributed by atoms with Gasteiger partial charge >= 0.3 is 17.1 Å². The van der Waals surface area contributed by atoms with Crippen molar-refractivity contribution >= 4 is 28.2 Å². The van der Waals surface area contributed by atoms with Gasteiger partial charge in [-0.05, 0) is 94.6 Å². The Bertz CT molecular complexity index is 1020. The van der Waals surface area contributed by atoms with E-state index in [1.807, 2.05) is 70.2 Å². The fourth-order valence-electron chi connectivity index (χ4n) is 4.76. The standard InChI is InChI=1S/C26H29ClN3O3.C5H5.Fe/c1-25(2)17-31-26(33-32-25)11-8-21(9-12-26)29-15-18-4-3-5-19(18)16-30-23-10-13-28-24-14-20(27)6-7-22(23)24;1-2-4-5-3-1;/h3-7,10,13-14,21H,8-9,11-12,15-17H2,1-2H3;1-5H;/q-2;;+2. The van der Waals surface area contributed by atoms with Crippen LogP contribution in [0.25, 0.3) is 21.5 Å². The molecular weight excluding hydrogens is 554 g/mol. The Morgan fingerprint density at radius 3 is 2.28 bits per heavy atom. The minimum absolute atomic E-state index is 0. The zero-order valence-corrected chi connectivity index (χ0v) is 24.2. The van der Waals surface area contributed by atoms with E-state index in [4.69, 9.17) is 36.7 Å². The third-order valence-corrected chi connectivity index (χ3v) is 7.24. The topological polar surface area (TPSA) is 68.8 Å². The zero-order chi connectivity index (χ0) is 26.4. The average molecular weight is 588 g/mol. The summed E-state index contributed by atoms with van der Waals surface area (Å²) < 4.78 is 6.04. The van der Waals surface area contributed by atoms with E-state index in [2.05, 4.69) is 24.2 Å². The maximum absolute atomic E-state index is 6.10. The molecule has 0 amide bonds. The number of halogens is 1. The molecule has 2 aromatic rings. The molecule has 0 N–H and O–H groups in total. The molecule has 1 aliphatic heterocycles. The Labute approximate surface area is 250 Å². The first-order chi connectivity index (χ1) is 18.4. The van der Waals surface area contributed by atoms with Crippen LogP contribution >= 0.6 is 11.6 Å². The van der Waals surface area contributed by atoms with Crippen LogP contribution in [0.1, 0.15) is 39.5 Å². The van der Waals surface area contributed by atoms with Gasteiger partial charge in [0, 0.05) is 24.1 Å². The quantitative estimate of drug-likeness (QED) is 0.260. The van der Waals surface area contributed by atoms with Crippen molar-refractivity contribution < 1.29 is 31.6 Å². The number of pyridine rings is 1. The molecule has 6 rings (SSSR count). The van der Waals surface area contributed by atoms with E-state index in [-0.39, 0.29) is 22.7 Å². The van der Waals surface area contributed by atoms with Crippen LogP contribution in [-0.2, 0) is 31.6 Å². The summed E-state index contributed by atoms with van der Waals surface area (Å²) in [5.74, 6) is 1.85. The van der Waals surface area contributed by atoms with Gasteiger partial charge in [-0.25, -0.2) is 9.78 Å². The van der Waals surface area contributed by atoms with Crippen LogP contribution in [0.2, 0.25) is 5.02 Å². The molecule has 4 aliphatic rings. The number of ether oxygens (including phenoxy) is 1. The molecule has 3 aliphatic carbocycles. The van der Waals surface area contributed by atoms with Crippen LogP contribution in [0.3, 0.4) is 0 Å². The van der Waals surface area contributed by atoms with Crippen LogP contribution in [-0.4, -0.2) is 42.1 Å². The van der Waals surface area contributed by atoms with E-state index < -0.39 is 5.79 Å². The van der Waals surface area contributed by atoms with Crippen molar-refractivity contribution in [1.82, 2.24) is 4.98 Å². The number of fused-ring (bicyclic) bond motifs is 1. The molecule has 206 valence electrons. The molecule has 39 heavy (non-hydrogen) atoms. The normalized spacial score (nSPS) is 27.2. The van der Waals surface area contributed by atoms with Crippen LogP contribution in [0, 0.1) is 63.2 Å². The number of nitrogens with zero attached hydrogens (tertiary/aromatic N) is 3. The van der Waals surface area contributed by atoms with Crippen molar-refractivity contribution in [1.29, 1.82) is 0 Å². The predicted octanol–water partition coefficient (Wildman–Crippen LogP) is 7.46. The van der Waals surface area contributed by atoms with Crippen molar-refractivity contribution in [2.45, 2.75) is 57.0 Å². The fraction of sp³-hybridized carbons (Fsp3) is 0.387. The maximum Gasteiger partial charge on any atom is 2.00 e. The van der Waals surface area contributed by atoms with Crippen LogP contribution in [0.15, 0.2) is 30.5 Å². The molecule has 2 heterocycles. The number of rotatable bonds is 6. The third-order valence-electron chi connectivity index (χ3n) is 7.00. The summed E-state index contributed by atoms with van der Waals surface area (Å²) in [7, 11) is 0. The van der Waals surface area contributed by atoms with E-state index in [9.17, 15) is 0 Å². The van der Waals surface area contributed by atoms with Gasteiger partial charge in [-0.2, -0.15) is 0 Å². The van der Waals surface area contributed by atoms with Gasteiger partial charge in [0.15, 0.2) is 0 Å². The van der Waals surface area contributed by atoms with Crippen LogP contribution < -0.4 is 0 Å². The first kappa shape index (κ1) is 31.0. The first-order valence-electron chi connectivity index (χ1n) is 13.2. The summed E-state index contributed by atoms with van der Waals surface area (Å²) >= 11 is 6.10. The van der Waals surface area contributed by atoms with Gasteiger partial charge in [0.2, 0.25) is 5.79 Å². The molecule has 6 nitrogen and oxygen atoms in total. The molecule has 0 unspecified atom stereocenters. The SMILES string of the molecule is CC1(C)COC2(CCC([N-]C[C]3[CH][CH][CH][C]3C[N-]c3ccnc4cc(Cl)ccc34)CC2)OO1.[CH]1[CH][CH][CH][CH]1.[Fe+2]. The molecule has 1 aromatic carbocycles. The number of aromatic nitrogens is 1. The molecule has 1 spiro atoms. The smallest absolute Gasteiger partial charge is 0.683 e. The molecule has 0 bridgehead atoms. The molecule has 1 aromatic heterocycles. The summed E-state index contributed by atoms with van der Waals surface area (Å²) in [6, 6.07) is 7.98. The number of hydrogen-bond acceptors (Lipinski definition) is 4. The van der Waals surface area contributed by atoms with Gasteiger partial charge in [0.25, 0.3) is 0 Å². The number of hydrogen-bond donors (Lipinski definition) is 0. The molecule has 10 radical (unpaired) electrons. The molecular formula is C31H34ClFeN3O3. The third kappa shape index (κ3) is 8.54. The van der Waals surface area contributed by atoms with Gasteiger partial charge in [-0.3, -0.25) is 4.98 Å². The van der Waals surface area contributed by atoms with Gasteiger partial charge in [0.1, 0.15) is 5.60 Å². The fourth-order valence-corrected chi connectivity index (χ4v) is 4.93. The zero-order valence-electron chi connectivity index (χ0n) is 22.3. The summed E-state index contributed by atoms with van der Waals surface area (Å²) in [4.78, 5) is 15.6. The summed E-state index contributed by atoms with van der Waals surface area (Å²) in [5, 5.41) is 11.5. The van der Waals surface area contributed by atoms with Gasteiger partial charge in [0.05, 0.1) is 12.1 Å². The Morgan fingerprint density at radius 2 is 1.62 bits per heavy atom. The van der Waals surface area contributed by atoms with Crippen LogP contribution in [0.4, 0.5) is 5.69 Å². The number of benzene rings is 1. The van der Waals surface area contributed by atoms with Gasteiger partial charge in [-0.15, -0.1) is 24.8 Å². The van der Waals surface area contributed by atoms with E-state index >= 15 is 0 Å². The van der Waals surface area contributed by atoms with E-state index in [0.29, 0.717) is 30.8 Å². The molecule has 4 fully saturated rings. The van der Waals surface area contributed by atoms with Gasteiger partial charge < -0.3 is 15.4 Å². The van der Waals surface area contributed by atoms with Crippen molar-refractivity contribution in [3.05, 3.63) is 109 Å². The Hall–Kier alpha value is -0.921. The second-order valence-corrected chi connectivity index (χ2v) is 11.0. The molecule has 1 saturated heterocycles. The predicted molar refractivity (Wildman–Crippen MR) is 151 cm³/mol. The minimum Gasteiger partial charge on any atom is -0.683 e. The second kappa shape index (κ2) is 14.3. The second-order valence-electron chi connectivity index (χ2n) is 10.5. The van der Waals surface area contributed by atoms with E-state index in [1.165, 1.54) is 11.8 Å². The Morgan fingerprint density at radius 1 is 0.923 bits per heavy atom. The summed E-state index contributed by atoms with van der Waals surface area (Å²) in [5.41, 5.74) is 1.40. The minimum atomic E-state index is -0.594. The van der Waals surface area contributed by atoms with Crippen molar-refractivity contribution in [2.24, 2.45) is 0 Å². The largest absolute Gasteiger partial charge is 2.00 e. The van der Waals surface area contributed by atoms with Crippen molar-refractivity contribution in [3.63, 3.8) is 0 Å². The molecule has 3 saturated carbocycles. The average Bonchev–Trinajstić information content (AvgIpc) is 3.64. The van der Waals surface area contributed by atoms with Crippen molar-refractivity contribution in [2.75, 3.05) is 19.7 Å². The Balaban J connectivity index is 0.000000530. The first-order valence-corrected chi connectivity index (χ1v) is 13.6. The monoisotopic (exact) mass is 587 g/mol. The van der Waals surface area contributed by atoms with Crippen molar-refractivity contribution in [3.8, 4) is 0 Å². The Kier molecular flexibility index (Phi) is 11.4. The summed E-state index contributed by atoms with van der Waals surface area (Å²) in [6.45, 7) is 5.80. The van der Waals surface area contributed by atoms with E-state index in [0.717, 1.165) is 42.3 Å². The summed E-state index contributed by atoms with van der Waals surface area (Å²) in [6.07, 6.45) is 21.6. The maximum atomic E-state index is 6.10. The van der Waals surface area contributed by atoms with Crippen LogP contribution in [0.5, 0.6) is 0 Å². The van der Waals surface area contributed by atoms with E-state index in [1.54, 1.807) is 6.20 Å². The van der Waals surface area contributed by atoms with Gasteiger partial charge in [-0.1, -0.05) is 36.6 Å². The molecule has 0 atom stereocenters.